The van der Waals surface area contributed by atoms with Crippen LogP contribution in [0, 0.1) is 28.1 Å². The number of fused-ring (bicyclic) bond motifs is 3. The second-order valence-electron chi connectivity index (χ2n) is 8.81. The van der Waals surface area contributed by atoms with E-state index in [9.17, 15) is 15.3 Å². The van der Waals surface area contributed by atoms with Crippen LogP contribution in [-0.2, 0) is 0 Å². The van der Waals surface area contributed by atoms with Gasteiger partial charge in [-0.15, -0.1) is 11.8 Å². The fraction of sp³-hybridized carbons (Fsp3) is 0.207. The van der Waals surface area contributed by atoms with Crippen LogP contribution in [0.3, 0.4) is 0 Å². The number of nitriles is 2. The van der Waals surface area contributed by atoms with Crippen molar-refractivity contribution in [2.75, 3.05) is 13.4 Å². The van der Waals surface area contributed by atoms with Crippen molar-refractivity contribution < 1.29 is 14.4 Å². The maximum absolute atomic E-state index is 14.1. The molecule has 0 saturated carbocycles. The number of rotatable bonds is 5. The molecule has 0 aliphatic carbocycles. The number of Topliss-reactive ketones (excluding diaryl/α,β-unsaturated/α-hetero) is 1. The number of carbonyl (C=O) groups is 1. The molecule has 5 rings (SSSR count). The monoisotopic (exact) mass is 478 g/mol. The maximum Gasteiger partial charge on any atom is 0.221 e. The number of thioether (sulfide) groups is 1. The molecule has 0 bridgehead atoms. The van der Waals surface area contributed by atoms with Crippen molar-refractivity contribution in [3.05, 3.63) is 101 Å². The van der Waals surface area contributed by atoms with Crippen molar-refractivity contribution in [2.45, 2.75) is 22.9 Å². The Kier molecular flexibility index (Phi) is 5.94. The standard InChI is InChI=1S/C29H23N3O2S/c1-34-22-11-7-21(8-12-22)27(33)26-25(20-9-13-23(35-2)14-10-20)29(17-30,18-31)28-24-6-4-3-5-19(24)15-16-32(26)28/h3-16,25-26,28H,1-2H3/p+1/t25-,26+,28+/m1/s1. The summed E-state index contributed by atoms with van der Waals surface area (Å²) in [5, 5.41) is 21.2. The molecule has 1 saturated heterocycles. The van der Waals surface area contributed by atoms with Crippen LogP contribution in [0.15, 0.2) is 83.9 Å². The topological polar surface area (TPSA) is 78.3 Å². The first-order valence-electron chi connectivity index (χ1n) is 11.4. The van der Waals surface area contributed by atoms with E-state index in [1.54, 1.807) is 43.1 Å². The Morgan fingerprint density at radius 1 is 1.00 bits per heavy atom. The smallest absolute Gasteiger partial charge is 0.221 e. The number of ether oxygens (including phenoxy) is 1. The molecule has 3 aromatic carbocycles. The van der Waals surface area contributed by atoms with E-state index in [4.69, 9.17) is 4.74 Å². The first-order valence-corrected chi connectivity index (χ1v) is 12.6. The lowest BCUT2D eigenvalue weighted by molar-refractivity contribution is -0.885. The molecular weight excluding hydrogens is 454 g/mol. The Bertz CT molecular complexity index is 1370. The largest absolute Gasteiger partial charge is 0.497 e. The number of methoxy groups -OCH3 is 1. The van der Waals surface area contributed by atoms with Crippen LogP contribution >= 0.6 is 11.8 Å². The lowest BCUT2D eigenvalue weighted by Gasteiger charge is -2.29. The average molecular weight is 479 g/mol. The van der Waals surface area contributed by atoms with Crippen molar-refractivity contribution in [1.82, 2.24) is 0 Å². The average Bonchev–Trinajstić information content (AvgIpc) is 3.23. The summed E-state index contributed by atoms with van der Waals surface area (Å²) in [5.74, 6) is -0.0422. The van der Waals surface area contributed by atoms with Gasteiger partial charge in [-0.3, -0.25) is 9.69 Å². The second kappa shape index (κ2) is 9.07. The molecule has 2 aliphatic rings. The summed E-state index contributed by atoms with van der Waals surface area (Å²) >= 11 is 1.62. The molecule has 35 heavy (non-hydrogen) atoms. The molecule has 2 heterocycles. The van der Waals surface area contributed by atoms with E-state index in [1.165, 1.54) is 0 Å². The van der Waals surface area contributed by atoms with Gasteiger partial charge in [0.15, 0.2) is 12.1 Å². The van der Waals surface area contributed by atoms with Crippen LogP contribution in [0.25, 0.3) is 6.08 Å². The molecule has 0 radical (unpaired) electrons. The molecule has 1 fully saturated rings. The van der Waals surface area contributed by atoms with Gasteiger partial charge in [0, 0.05) is 16.0 Å². The van der Waals surface area contributed by atoms with Crippen molar-refractivity contribution in [2.24, 2.45) is 5.41 Å². The zero-order valence-corrected chi connectivity index (χ0v) is 20.3. The Morgan fingerprint density at radius 3 is 2.31 bits per heavy atom. The van der Waals surface area contributed by atoms with Gasteiger partial charge in [0.1, 0.15) is 5.75 Å². The Morgan fingerprint density at radius 2 is 1.69 bits per heavy atom. The van der Waals surface area contributed by atoms with E-state index < -0.39 is 23.4 Å². The highest BCUT2D eigenvalue weighted by Gasteiger charge is 2.68. The molecule has 0 aromatic heterocycles. The van der Waals surface area contributed by atoms with Gasteiger partial charge in [-0.05, 0) is 59.9 Å². The van der Waals surface area contributed by atoms with E-state index >= 15 is 0 Å². The minimum absolute atomic E-state index is 0.0944. The number of nitrogens with one attached hydrogen (secondary N) is 1. The second-order valence-corrected chi connectivity index (χ2v) is 9.69. The SMILES string of the molecule is COc1ccc(C(=O)[C@@H]2[C@@H](c3ccc(SC)cc3)C(C#N)(C#N)[C@@H]3c4ccccc4C=C[NH+]23)cc1. The summed E-state index contributed by atoms with van der Waals surface area (Å²) in [5.41, 5.74) is 1.83. The molecule has 3 aromatic rings. The van der Waals surface area contributed by atoms with Crippen molar-refractivity contribution in [1.29, 1.82) is 10.5 Å². The van der Waals surface area contributed by atoms with Crippen LogP contribution in [-0.4, -0.2) is 25.2 Å². The van der Waals surface area contributed by atoms with Crippen molar-refractivity contribution in [3.63, 3.8) is 0 Å². The molecule has 172 valence electrons. The molecule has 2 aliphatic heterocycles. The molecular formula is C29H24N3O2S+. The van der Waals surface area contributed by atoms with Gasteiger partial charge in [0.25, 0.3) is 0 Å². The normalized spacial score (nSPS) is 23.4. The number of carbonyl (C=O) groups excluding carboxylic acids is 1. The summed E-state index contributed by atoms with van der Waals surface area (Å²) in [4.78, 5) is 16.0. The molecule has 6 heteroatoms. The maximum atomic E-state index is 14.1. The Balaban J connectivity index is 1.73. The van der Waals surface area contributed by atoms with Gasteiger partial charge in [-0.25, -0.2) is 0 Å². The fourth-order valence-corrected chi connectivity index (χ4v) is 6.02. The van der Waals surface area contributed by atoms with Crippen LogP contribution in [0.1, 0.15) is 39.0 Å². The minimum Gasteiger partial charge on any atom is -0.497 e. The highest BCUT2D eigenvalue weighted by atomic mass is 32.2. The first-order chi connectivity index (χ1) is 17.1. The van der Waals surface area contributed by atoms with E-state index in [0.29, 0.717) is 11.3 Å². The van der Waals surface area contributed by atoms with E-state index in [-0.39, 0.29) is 5.78 Å². The highest BCUT2D eigenvalue weighted by molar-refractivity contribution is 7.98. The van der Waals surface area contributed by atoms with Gasteiger partial charge in [0.05, 0.1) is 31.4 Å². The first kappa shape index (κ1) is 22.9. The minimum atomic E-state index is -1.43. The van der Waals surface area contributed by atoms with Crippen LogP contribution < -0.4 is 9.64 Å². The lowest BCUT2D eigenvalue weighted by Crippen LogP contribution is -3.11. The quantitative estimate of drug-likeness (QED) is 0.434. The Labute approximate surface area is 209 Å². The molecule has 1 N–H and O–H groups in total. The summed E-state index contributed by atoms with van der Waals surface area (Å²) in [6, 6.07) is 26.5. The zero-order chi connectivity index (χ0) is 24.6. The van der Waals surface area contributed by atoms with Crippen LogP contribution in [0.4, 0.5) is 0 Å². The lowest BCUT2D eigenvalue weighted by atomic mass is 9.67. The van der Waals surface area contributed by atoms with Gasteiger partial charge in [-0.1, -0.05) is 36.4 Å². The van der Waals surface area contributed by atoms with Gasteiger partial charge >= 0.3 is 0 Å². The van der Waals surface area contributed by atoms with Gasteiger partial charge in [0.2, 0.25) is 11.2 Å². The van der Waals surface area contributed by atoms with Crippen molar-refractivity contribution in [3.8, 4) is 17.9 Å². The molecule has 0 amide bonds. The summed E-state index contributed by atoms with van der Waals surface area (Å²) in [7, 11) is 1.58. The third-order valence-electron chi connectivity index (χ3n) is 7.24. The summed E-state index contributed by atoms with van der Waals surface area (Å²) < 4.78 is 5.26. The van der Waals surface area contributed by atoms with Crippen molar-refractivity contribution >= 4 is 23.6 Å². The van der Waals surface area contributed by atoms with Crippen LogP contribution in [0.5, 0.6) is 5.75 Å². The number of benzene rings is 3. The fourth-order valence-electron chi connectivity index (χ4n) is 5.61. The number of hydrogen-bond acceptors (Lipinski definition) is 5. The predicted octanol–water partition coefficient (Wildman–Crippen LogP) is 4.41. The van der Waals surface area contributed by atoms with E-state index in [1.807, 2.05) is 67.1 Å². The number of ketones is 1. The summed E-state index contributed by atoms with van der Waals surface area (Å²) in [6.07, 6.45) is 5.95. The molecule has 1 unspecified atom stereocenters. The molecule has 5 nitrogen and oxygen atoms in total. The van der Waals surface area contributed by atoms with E-state index in [0.717, 1.165) is 26.5 Å². The third kappa shape index (κ3) is 3.54. The third-order valence-corrected chi connectivity index (χ3v) is 7.98. The highest BCUT2D eigenvalue weighted by Crippen LogP contribution is 2.51. The zero-order valence-electron chi connectivity index (χ0n) is 19.4. The van der Waals surface area contributed by atoms with Gasteiger partial charge < -0.3 is 4.74 Å². The summed E-state index contributed by atoms with van der Waals surface area (Å²) in [6.45, 7) is 0. The number of hydrogen-bond donors (Lipinski definition) is 1. The van der Waals surface area contributed by atoms with Crippen LogP contribution in [0.2, 0.25) is 0 Å². The predicted molar refractivity (Wildman–Crippen MR) is 135 cm³/mol. The Hall–Kier alpha value is -3.84. The molecule has 4 atom stereocenters. The number of quaternary nitrogens is 1. The molecule has 0 spiro atoms. The van der Waals surface area contributed by atoms with E-state index in [2.05, 4.69) is 12.1 Å². The van der Waals surface area contributed by atoms with Gasteiger partial charge in [-0.2, -0.15) is 10.5 Å². The number of nitrogens with zero attached hydrogens (tertiary/aromatic N) is 2.